The number of hydrogen-bond donors (Lipinski definition) is 4. The van der Waals surface area contributed by atoms with Crippen LogP contribution in [0, 0.1) is 21.4 Å². The van der Waals surface area contributed by atoms with Gasteiger partial charge in [0.05, 0.1) is 40.1 Å². The van der Waals surface area contributed by atoms with Gasteiger partial charge in [-0.15, -0.1) is 0 Å². The second-order valence-corrected chi connectivity index (χ2v) is 24.8. The van der Waals surface area contributed by atoms with E-state index in [0.29, 0.717) is 60.5 Å². The molecule has 3 aromatic heterocycles. The smallest absolute Gasteiger partial charge is 0.300 e. The third-order valence-electron chi connectivity index (χ3n) is 15.7. The summed E-state index contributed by atoms with van der Waals surface area (Å²) >= 11 is 0. The summed E-state index contributed by atoms with van der Waals surface area (Å²) in [5, 5.41) is 26.0. The number of amides is 1. The van der Waals surface area contributed by atoms with Crippen molar-refractivity contribution in [3.05, 3.63) is 99.9 Å². The van der Waals surface area contributed by atoms with Gasteiger partial charge >= 0.3 is 5.69 Å². The number of benzene rings is 2. The topological polar surface area (TPSA) is 235 Å². The van der Waals surface area contributed by atoms with E-state index in [4.69, 9.17) is 9.47 Å². The van der Waals surface area contributed by atoms with Gasteiger partial charge in [-0.1, -0.05) is 38.1 Å². The number of carbonyl (C=O) groups is 1. The van der Waals surface area contributed by atoms with Gasteiger partial charge in [0.1, 0.15) is 23.8 Å². The highest BCUT2D eigenvalue weighted by Crippen LogP contribution is 2.54. The van der Waals surface area contributed by atoms with Crippen LogP contribution in [-0.2, 0) is 19.8 Å². The fourth-order valence-electron chi connectivity index (χ4n) is 11.5. The van der Waals surface area contributed by atoms with Crippen LogP contribution in [0.1, 0.15) is 106 Å². The molecule has 5 aromatic rings. The highest BCUT2D eigenvalue weighted by atomic mass is 32.2. The fraction of sp³-hybridized carbons (Fsp3) is 0.500. The number of anilines is 2. The standard InChI is InChI=1S/C50H61N9O9S2/c1-31(2)37-7-5-6-8-38(37)42-30-69(64,51-4)22-21-58(42)35-26-50(27-35)16-19-57(20-17-50)34-9-10-39(43(24-34)68-36-23-33-13-18-52-46(33)53-28-36)47(60)56-70(65,66)44-25-41(59(62)63)45-48(55-44)67-29-40(54-45)32-11-14-49(3,61)15-12-32/h5-10,13,18,23-25,28,31-32,35,40,42,54,61H,11-12,14-17,19-22,26-27,29-30H2,1-4H3,(H,52,53)(H,56,60)/t32?,40-,42+,49?,69?/m1/s1. The number of rotatable bonds is 11. The Morgan fingerprint density at radius 1 is 1.07 bits per heavy atom. The van der Waals surface area contributed by atoms with Gasteiger partial charge in [-0.25, -0.2) is 18.3 Å². The molecule has 1 amide bonds. The number of pyridine rings is 2. The molecule has 372 valence electrons. The zero-order valence-corrected chi connectivity index (χ0v) is 41.6. The zero-order chi connectivity index (χ0) is 49.2. The monoisotopic (exact) mass is 995 g/mol. The molecule has 2 aromatic carbocycles. The predicted octanol–water partition coefficient (Wildman–Crippen LogP) is 7.92. The van der Waals surface area contributed by atoms with Crippen molar-refractivity contribution in [1.29, 1.82) is 0 Å². The molecule has 1 unspecified atom stereocenters. The molecule has 18 nitrogen and oxygen atoms in total. The van der Waals surface area contributed by atoms with Crippen LogP contribution in [0.3, 0.4) is 0 Å². The van der Waals surface area contributed by atoms with E-state index in [1.807, 2.05) is 6.07 Å². The Bertz CT molecular complexity index is 3070. The number of aromatic amines is 1. The van der Waals surface area contributed by atoms with E-state index in [2.05, 4.69) is 77.3 Å². The van der Waals surface area contributed by atoms with Gasteiger partial charge in [0, 0.05) is 77.6 Å². The normalized spacial score (nSPS) is 25.9. The van der Waals surface area contributed by atoms with Gasteiger partial charge in [-0.05, 0) is 111 Å². The first-order valence-electron chi connectivity index (χ1n) is 24.2. The maximum atomic E-state index is 14.1. The number of aromatic nitrogens is 3. The molecule has 4 N–H and O–H groups in total. The lowest BCUT2D eigenvalue weighted by atomic mass is 9.59. The SMILES string of the molecule is CN=S1(=O)CCN(C2CC3(CCN(c4ccc(C(=O)NS(=O)(=O)c5cc([N+](=O)[O-])c6c(n5)OC[C@H](C5CCC(C)(O)CC5)N6)c(Oc5cnc6[nH]ccc6c5)c4)CC3)C2)[C@H](c2ccccc2C(C)C)C1. The van der Waals surface area contributed by atoms with E-state index in [0.717, 1.165) is 62.5 Å². The van der Waals surface area contributed by atoms with Crippen molar-refractivity contribution < 1.29 is 36.9 Å². The molecule has 10 rings (SSSR count). The van der Waals surface area contributed by atoms with E-state index in [-0.39, 0.29) is 52.9 Å². The first-order valence-corrected chi connectivity index (χ1v) is 27.6. The van der Waals surface area contributed by atoms with Gasteiger partial charge in [-0.2, -0.15) is 13.4 Å². The van der Waals surface area contributed by atoms with Crippen molar-refractivity contribution in [2.24, 2.45) is 15.7 Å². The van der Waals surface area contributed by atoms with Crippen LogP contribution in [0.4, 0.5) is 17.1 Å². The molecule has 4 fully saturated rings. The van der Waals surface area contributed by atoms with Gasteiger partial charge in [0.25, 0.3) is 15.9 Å². The number of sulfonamides is 1. The molecule has 2 saturated heterocycles. The van der Waals surface area contributed by atoms with Crippen molar-refractivity contribution in [3.63, 3.8) is 0 Å². The number of fused-ring (bicyclic) bond motifs is 2. The number of H-pyrrole nitrogens is 1. The molecule has 6 heterocycles. The maximum absolute atomic E-state index is 14.1. The van der Waals surface area contributed by atoms with Crippen molar-refractivity contribution in [2.45, 2.75) is 107 Å². The number of hydrogen-bond acceptors (Lipinski definition) is 15. The summed E-state index contributed by atoms with van der Waals surface area (Å²) in [4.78, 5) is 42.3. The summed E-state index contributed by atoms with van der Waals surface area (Å²) in [6.45, 7) is 8.57. The molecule has 2 aliphatic carbocycles. The number of aliphatic hydroxyl groups is 1. The number of piperidine rings is 1. The number of carbonyl (C=O) groups excluding carboxylic acids is 1. The van der Waals surface area contributed by atoms with Crippen LogP contribution in [0.2, 0.25) is 0 Å². The predicted molar refractivity (Wildman–Crippen MR) is 267 cm³/mol. The Kier molecular flexibility index (Phi) is 12.6. The number of nitrogens with zero attached hydrogens (tertiary/aromatic N) is 6. The number of nitro groups is 1. The quantitative estimate of drug-likeness (QED) is 0.0727. The summed E-state index contributed by atoms with van der Waals surface area (Å²) < 4.78 is 60.4. The lowest BCUT2D eigenvalue weighted by Gasteiger charge is -2.57. The Morgan fingerprint density at radius 2 is 1.83 bits per heavy atom. The first-order chi connectivity index (χ1) is 33.4. The Labute approximate surface area is 408 Å². The minimum Gasteiger partial charge on any atom is -0.474 e. The summed E-state index contributed by atoms with van der Waals surface area (Å²) in [6, 6.07) is 18.1. The summed E-state index contributed by atoms with van der Waals surface area (Å²) in [5.74, 6) is 0.653. The molecule has 3 aliphatic heterocycles. The van der Waals surface area contributed by atoms with Crippen LogP contribution in [0.5, 0.6) is 17.4 Å². The van der Waals surface area contributed by atoms with Crippen LogP contribution in [0.15, 0.2) is 82.4 Å². The van der Waals surface area contributed by atoms with Crippen LogP contribution in [-0.4, -0.2) is 111 Å². The van der Waals surface area contributed by atoms with Crippen molar-refractivity contribution in [2.75, 3.05) is 55.0 Å². The van der Waals surface area contributed by atoms with Crippen LogP contribution >= 0.6 is 0 Å². The Hall–Kier alpha value is -5.83. The zero-order valence-electron chi connectivity index (χ0n) is 39.9. The largest absolute Gasteiger partial charge is 0.474 e. The van der Waals surface area contributed by atoms with Crippen LogP contribution < -0.4 is 24.4 Å². The van der Waals surface area contributed by atoms with E-state index >= 15 is 0 Å². The molecule has 3 atom stereocenters. The summed E-state index contributed by atoms with van der Waals surface area (Å²) in [6.07, 6.45) is 9.81. The Morgan fingerprint density at radius 3 is 2.56 bits per heavy atom. The first kappa shape index (κ1) is 47.8. The lowest BCUT2D eigenvalue weighted by molar-refractivity contribution is -0.384. The molecule has 0 bridgehead atoms. The minimum atomic E-state index is -4.80. The van der Waals surface area contributed by atoms with Gasteiger partial charge in [-0.3, -0.25) is 19.8 Å². The summed E-state index contributed by atoms with van der Waals surface area (Å²) in [5.41, 5.74) is 2.70. The molecule has 5 aliphatic rings. The molecule has 70 heavy (non-hydrogen) atoms. The van der Waals surface area contributed by atoms with Crippen molar-refractivity contribution in [3.8, 4) is 17.4 Å². The molecule has 1 spiro atoms. The second kappa shape index (κ2) is 18.4. The van der Waals surface area contributed by atoms with E-state index in [1.54, 1.807) is 38.4 Å². The van der Waals surface area contributed by atoms with E-state index < -0.39 is 46.9 Å². The number of ether oxygens (including phenoxy) is 2. The van der Waals surface area contributed by atoms with E-state index in [9.17, 15) is 32.6 Å². The fourth-order valence-corrected chi connectivity index (χ4v) is 14.3. The van der Waals surface area contributed by atoms with Crippen LogP contribution in [0.25, 0.3) is 11.0 Å². The molecule has 2 saturated carbocycles. The third kappa shape index (κ3) is 9.42. The minimum absolute atomic E-state index is 0.0383. The number of nitrogens with one attached hydrogen (secondary N) is 3. The van der Waals surface area contributed by atoms with Gasteiger partial charge in [0.15, 0.2) is 10.7 Å². The van der Waals surface area contributed by atoms with E-state index in [1.165, 1.54) is 23.4 Å². The Balaban J connectivity index is 0.861. The van der Waals surface area contributed by atoms with Gasteiger partial charge < -0.3 is 29.8 Å². The third-order valence-corrected chi connectivity index (χ3v) is 19.2. The molecular weight excluding hydrogens is 935 g/mol. The average Bonchev–Trinajstić information content (AvgIpc) is 3.81. The highest BCUT2D eigenvalue weighted by molar-refractivity contribution is 7.93. The highest BCUT2D eigenvalue weighted by Gasteiger charge is 2.50. The van der Waals surface area contributed by atoms with Crippen molar-refractivity contribution >= 4 is 53.8 Å². The van der Waals surface area contributed by atoms with Crippen molar-refractivity contribution in [1.82, 2.24) is 24.6 Å². The second-order valence-electron chi connectivity index (χ2n) is 20.5. The maximum Gasteiger partial charge on any atom is 0.300 e. The summed E-state index contributed by atoms with van der Waals surface area (Å²) in [7, 11) is -5.40. The molecule has 0 radical (unpaired) electrons. The van der Waals surface area contributed by atoms with Gasteiger partial charge in [0.2, 0.25) is 5.88 Å². The molecule has 20 heteroatoms. The lowest BCUT2D eigenvalue weighted by Crippen LogP contribution is -2.58. The average molecular weight is 996 g/mol. The molecular formula is C50H61N9O9S2.